The van der Waals surface area contributed by atoms with Gasteiger partial charge in [0, 0.05) is 43.6 Å². The van der Waals surface area contributed by atoms with E-state index in [0.29, 0.717) is 17.7 Å². The van der Waals surface area contributed by atoms with Crippen molar-refractivity contribution in [3.63, 3.8) is 0 Å². The normalized spacial score (nSPS) is 18.6. The van der Waals surface area contributed by atoms with Crippen LogP contribution >= 0.6 is 0 Å². The maximum Gasteiger partial charge on any atom is 0.230 e. The number of carbonyl (C=O) groups excluding carboxylic acids is 1. The number of benzene rings is 3. The third-order valence-corrected chi connectivity index (χ3v) is 8.04. The van der Waals surface area contributed by atoms with E-state index in [9.17, 15) is 18.7 Å². The summed E-state index contributed by atoms with van der Waals surface area (Å²) < 4.78 is 28.1. The Bertz CT molecular complexity index is 1400. The fourth-order valence-electron chi connectivity index (χ4n) is 5.63. The number of amides is 1. The second-order valence-electron chi connectivity index (χ2n) is 12.7. The Labute approximate surface area is 254 Å². The van der Waals surface area contributed by atoms with Crippen molar-refractivity contribution in [3.8, 4) is 0 Å². The van der Waals surface area contributed by atoms with E-state index < -0.39 is 35.1 Å². The first kappa shape index (κ1) is 32.3. The molecule has 3 aromatic rings. The number of nitrogens with zero attached hydrogens (tertiary/aromatic N) is 1. The smallest absolute Gasteiger partial charge is 0.230 e. The number of para-hydroxylation sites is 1. The monoisotopic (exact) mass is 590 g/mol. The summed E-state index contributed by atoms with van der Waals surface area (Å²) in [6.07, 6.45) is 3.26. The Morgan fingerprint density at radius 2 is 1.70 bits per heavy atom. The Morgan fingerprint density at radius 1 is 1.00 bits per heavy atom. The number of halogens is 2. The van der Waals surface area contributed by atoms with Crippen molar-refractivity contribution < 1.29 is 18.7 Å². The minimum absolute atomic E-state index is 0.0283. The molecule has 4 N–H and O–H groups in total. The van der Waals surface area contributed by atoms with E-state index in [0.717, 1.165) is 30.2 Å². The van der Waals surface area contributed by atoms with Gasteiger partial charge >= 0.3 is 0 Å². The maximum atomic E-state index is 14.1. The number of rotatable bonds is 11. The summed E-state index contributed by atoms with van der Waals surface area (Å²) in [5.41, 5.74) is 7.18. The molecule has 1 aliphatic rings. The van der Waals surface area contributed by atoms with Crippen molar-refractivity contribution in [3.05, 3.63) is 113 Å². The van der Waals surface area contributed by atoms with Crippen LogP contribution < -0.4 is 16.1 Å². The van der Waals surface area contributed by atoms with Gasteiger partial charge in [-0.25, -0.2) is 13.8 Å². The van der Waals surface area contributed by atoms with E-state index in [-0.39, 0.29) is 18.4 Å². The molecule has 0 heterocycles. The summed E-state index contributed by atoms with van der Waals surface area (Å²) in [5, 5.41) is 20.0. The Balaban J connectivity index is 1.62. The highest BCUT2D eigenvalue weighted by atomic mass is 19.1. The van der Waals surface area contributed by atoms with Crippen molar-refractivity contribution in [1.29, 1.82) is 0 Å². The Hall–Kier alpha value is -3.59. The van der Waals surface area contributed by atoms with Crippen LogP contribution in [0.1, 0.15) is 56.7 Å². The van der Waals surface area contributed by atoms with E-state index in [1.54, 1.807) is 24.3 Å². The average Bonchev–Trinajstić information content (AvgIpc) is 2.95. The van der Waals surface area contributed by atoms with Crippen molar-refractivity contribution in [2.45, 2.75) is 63.5 Å². The van der Waals surface area contributed by atoms with E-state index >= 15 is 0 Å². The molecule has 1 amide bonds. The van der Waals surface area contributed by atoms with Crippen LogP contribution in [0.15, 0.2) is 84.6 Å². The zero-order chi connectivity index (χ0) is 31.2. The van der Waals surface area contributed by atoms with Gasteiger partial charge in [-0.05, 0) is 72.1 Å². The molecular formula is C35H44F2N4O2. The van der Waals surface area contributed by atoms with Crippen LogP contribution in [0.25, 0.3) is 0 Å². The molecule has 0 saturated carbocycles. The number of hydrazine groups is 1. The molecule has 3 atom stereocenters. The minimum atomic E-state index is -1.14. The lowest BCUT2D eigenvalue weighted by Gasteiger charge is -2.40. The second-order valence-corrected chi connectivity index (χ2v) is 12.7. The van der Waals surface area contributed by atoms with Gasteiger partial charge in [-0.2, -0.15) is 0 Å². The molecule has 8 heteroatoms. The van der Waals surface area contributed by atoms with Gasteiger partial charge in [0.1, 0.15) is 11.6 Å². The van der Waals surface area contributed by atoms with Gasteiger partial charge in [-0.1, -0.05) is 69.3 Å². The first-order chi connectivity index (χ1) is 20.3. The highest BCUT2D eigenvalue weighted by Crippen LogP contribution is 2.38. The van der Waals surface area contributed by atoms with Crippen molar-refractivity contribution >= 4 is 11.6 Å². The molecule has 0 fully saturated rings. The number of nitrogens with one attached hydrogen (secondary N) is 3. The minimum Gasteiger partial charge on any atom is -0.391 e. The number of aliphatic hydroxyl groups excluding tert-OH is 1. The van der Waals surface area contributed by atoms with Crippen LogP contribution in [0, 0.1) is 17.6 Å². The van der Waals surface area contributed by atoms with E-state index in [1.165, 1.54) is 17.7 Å². The van der Waals surface area contributed by atoms with Crippen molar-refractivity contribution in [2.24, 2.45) is 5.92 Å². The van der Waals surface area contributed by atoms with Gasteiger partial charge in [0.25, 0.3) is 0 Å². The highest BCUT2D eigenvalue weighted by molar-refractivity contribution is 5.93. The lowest BCUT2D eigenvalue weighted by atomic mass is 9.76. The van der Waals surface area contributed by atoms with Crippen LogP contribution in [0.5, 0.6) is 0 Å². The van der Waals surface area contributed by atoms with E-state index in [4.69, 9.17) is 0 Å². The van der Waals surface area contributed by atoms with E-state index in [2.05, 4.69) is 67.2 Å². The summed E-state index contributed by atoms with van der Waals surface area (Å²) in [5.74, 6) is -2.83. The fourth-order valence-corrected chi connectivity index (χ4v) is 5.63. The number of carbonyl (C=O) groups is 1. The highest BCUT2D eigenvalue weighted by Gasteiger charge is 2.37. The van der Waals surface area contributed by atoms with Crippen molar-refractivity contribution in [1.82, 2.24) is 15.8 Å². The molecule has 0 radical (unpaired) electrons. The first-order valence-corrected chi connectivity index (χ1v) is 14.8. The second kappa shape index (κ2) is 13.8. The molecule has 0 saturated heterocycles. The summed E-state index contributed by atoms with van der Waals surface area (Å²) in [7, 11) is 3.91. The molecule has 43 heavy (non-hydrogen) atoms. The summed E-state index contributed by atoms with van der Waals surface area (Å²) in [6.45, 7) is 6.65. The molecule has 3 unspecified atom stereocenters. The van der Waals surface area contributed by atoms with Crippen LogP contribution in [-0.4, -0.2) is 42.8 Å². The number of hydrogen-bond donors (Lipinski definition) is 4. The average molecular weight is 591 g/mol. The number of anilines is 1. The zero-order valence-corrected chi connectivity index (χ0v) is 25.8. The van der Waals surface area contributed by atoms with Gasteiger partial charge in [-0.15, -0.1) is 0 Å². The molecule has 4 rings (SSSR count). The summed E-state index contributed by atoms with van der Waals surface area (Å²) >= 11 is 0. The quantitative estimate of drug-likeness (QED) is 0.205. The molecule has 0 aliphatic heterocycles. The Morgan fingerprint density at radius 3 is 2.30 bits per heavy atom. The lowest BCUT2D eigenvalue weighted by Crippen LogP contribution is -2.50. The van der Waals surface area contributed by atoms with Crippen molar-refractivity contribution in [2.75, 3.05) is 26.0 Å². The SMILES string of the molecule is CN(C)NC1=CCC(NCC(O)C(Cc2cc(F)cc(F)c2)C(=O)Nc2ccccc2)(c2cccc(C(C)(C)C)c2)CC1. The van der Waals surface area contributed by atoms with Crippen LogP contribution in [-0.2, 0) is 22.2 Å². The summed E-state index contributed by atoms with van der Waals surface area (Å²) in [6, 6.07) is 20.7. The predicted octanol–water partition coefficient (Wildman–Crippen LogP) is 6.04. The number of allylic oxidation sites excluding steroid dienone is 1. The first-order valence-electron chi connectivity index (χ1n) is 14.8. The standard InChI is InChI=1S/C35H44F2N4O2/c1-34(2,3)25-10-9-11-26(21-25)35(16-14-30(15-17-35)40-41(4)5)38-23-32(42)31(20-24-18-27(36)22-28(37)19-24)33(43)39-29-12-7-6-8-13-29/h6-14,18-19,21-22,31-32,38,40,42H,15-17,20,23H2,1-5H3,(H,39,43). The van der Waals surface area contributed by atoms with E-state index in [1.807, 2.05) is 25.2 Å². The third kappa shape index (κ3) is 8.72. The molecule has 0 bridgehead atoms. The topological polar surface area (TPSA) is 76.6 Å². The van der Waals surface area contributed by atoms with Gasteiger partial charge in [0.15, 0.2) is 0 Å². The molecule has 6 nitrogen and oxygen atoms in total. The molecule has 230 valence electrons. The Kier molecular flexibility index (Phi) is 10.4. The predicted molar refractivity (Wildman–Crippen MR) is 168 cm³/mol. The number of hydrogen-bond acceptors (Lipinski definition) is 5. The van der Waals surface area contributed by atoms with Gasteiger partial charge in [-0.3, -0.25) is 4.79 Å². The molecule has 0 aromatic heterocycles. The molecule has 3 aromatic carbocycles. The zero-order valence-electron chi connectivity index (χ0n) is 25.8. The molecule has 1 aliphatic carbocycles. The maximum absolute atomic E-state index is 14.1. The molecule has 0 spiro atoms. The van der Waals surface area contributed by atoms with Crippen LogP contribution in [0.4, 0.5) is 14.5 Å². The fraction of sp³-hybridized carbons (Fsp3) is 0.400. The summed E-state index contributed by atoms with van der Waals surface area (Å²) in [4.78, 5) is 13.5. The largest absolute Gasteiger partial charge is 0.391 e. The van der Waals surface area contributed by atoms with Gasteiger partial charge in [0.05, 0.1) is 12.0 Å². The lowest BCUT2D eigenvalue weighted by molar-refractivity contribution is -0.123. The van der Waals surface area contributed by atoms with Gasteiger partial charge < -0.3 is 21.2 Å². The van der Waals surface area contributed by atoms with Crippen LogP contribution in [0.2, 0.25) is 0 Å². The van der Waals surface area contributed by atoms with Crippen LogP contribution in [0.3, 0.4) is 0 Å². The number of aliphatic hydroxyl groups is 1. The van der Waals surface area contributed by atoms with Gasteiger partial charge in [0.2, 0.25) is 5.91 Å². The molecular weight excluding hydrogens is 546 g/mol. The third-order valence-electron chi connectivity index (χ3n) is 8.04.